The van der Waals surface area contributed by atoms with Gasteiger partial charge in [0, 0.05) is 25.2 Å². The molecule has 4 nitrogen and oxygen atoms in total. The van der Waals surface area contributed by atoms with Crippen LogP contribution >= 0.6 is 11.6 Å². The first kappa shape index (κ1) is 17.2. The maximum atomic E-state index is 12.8. The summed E-state index contributed by atoms with van der Waals surface area (Å²) in [5.74, 6) is -0.513. The summed E-state index contributed by atoms with van der Waals surface area (Å²) in [6, 6.07) is 16.9. The Morgan fingerprint density at radius 3 is 2.20 bits per heavy atom. The second-order valence-electron chi connectivity index (χ2n) is 5.93. The molecule has 0 N–H and O–H groups in total. The summed E-state index contributed by atoms with van der Waals surface area (Å²) in [7, 11) is 1.84. The van der Waals surface area contributed by atoms with E-state index < -0.39 is 0 Å². The summed E-state index contributed by atoms with van der Waals surface area (Å²) in [6.07, 6.45) is 0. The number of benzene rings is 2. The van der Waals surface area contributed by atoms with Gasteiger partial charge in [-0.25, -0.2) is 0 Å². The molecule has 5 heteroatoms. The van der Waals surface area contributed by atoms with Crippen molar-refractivity contribution in [3.05, 3.63) is 76.4 Å². The molecule has 0 spiro atoms. The summed E-state index contributed by atoms with van der Waals surface area (Å²) in [4.78, 5) is 28.7. The molecule has 2 aromatic carbocycles. The summed E-state index contributed by atoms with van der Waals surface area (Å²) in [5, 5.41) is 0.590. The van der Waals surface area contributed by atoms with E-state index in [1.165, 1.54) is 4.90 Å². The maximum absolute atomic E-state index is 12.8. The fourth-order valence-corrected chi connectivity index (χ4v) is 3.14. The number of amides is 2. The number of halogens is 1. The van der Waals surface area contributed by atoms with Crippen LogP contribution < -0.4 is 0 Å². The molecule has 0 aromatic heterocycles. The number of likely N-dealkylation sites (N-methyl/N-ethyl adjacent to an activating group) is 2. The SMILES string of the molecule is CCN1C(=O)C(c2ccc(Cl)cc2)=C(N(C)Cc2ccccc2)C1=O. The zero-order valence-corrected chi connectivity index (χ0v) is 15.0. The van der Waals surface area contributed by atoms with Gasteiger partial charge in [-0.15, -0.1) is 0 Å². The average molecular weight is 355 g/mol. The van der Waals surface area contributed by atoms with E-state index in [9.17, 15) is 9.59 Å². The Morgan fingerprint density at radius 2 is 1.60 bits per heavy atom. The van der Waals surface area contributed by atoms with Gasteiger partial charge in [-0.05, 0) is 30.2 Å². The lowest BCUT2D eigenvalue weighted by Crippen LogP contribution is -2.33. The molecule has 0 unspecified atom stereocenters. The third kappa shape index (κ3) is 3.30. The summed E-state index contributed by atoms with van der Waals surface area (Å²) in [6.45, 7) is 2.69. The Morgan fingerprint density at radius 1 is 0.960 bits per heavy atom. The standard InChI is InChI=1S/C20H19ClN2O2/c1-3-23-19(24)17(15-9-11-16(21)12-10-15)18(20(23)25)22(2)13-14-7-5-4-6-8-14/h4-12H,3,13H2,1-2H3. The van der Waals surface area contributed by atoms with Crippen LogP contribution in [-0.4, -0.2) is 35.2 Å². The van der Waals surface area contributed by atoms with Crippen molar-refractivity contribution in [2.24, 2.45) is 0 Å². The molecular formula is C20H19ClN2O2. The molecule has 0 bridgehead atoms. The highest BCUT2D eigenvalue weighted by Crippen LogP contribution is 2.32. The van der Waals surface area contributed by atoms with Gasteiger partial charge in [0.15, 0.2) is 0 Å². The molecule has 1 aliphatic heterocycles. The minimum Gasteiger partial charge on any atom is -0.365 e. The Labute approximate surface area is 152 Å². The highest BCUT2D eigenvalue weighted by Gasteiger charge is 2.39. The van der Waals surface area contributed by atoms with E-state index >= 15 is 0 Å². The number of carbonyl (C=O) groups is 2. The predicted molar refractivity (Wildman–Crippen MR) is 98.7 cm³/mol. The normalized spacial score (nSPS) is 14.4. The highest BCUT2D eigenvalue weighted by molar-refractivity contribution is 6.35. The molecule has 1 heterocycles. The average Bonchev–Trinajstić information content (AvgIpc) is 2.86. The number of carbonyl (C=O) groups excluding carboxylic acids is 2. The monoisotopic (exact) mass is 354 g/mol. The van der Waals surface area contributed by atoms with Gasteiger partial charge < -0.3 is 4.90 Å². The Hall–Kier alpha value is -2.59. The minimum absolute atomic E-state index is 0.254. The Bertz CT molecular complexity index is 829. The molecule has 3 rings (SSSR count). The lowest BCUT2D eigenvalue weighted by molar-refractivity contribution is -0.137. The first-order valence-electron chi connectivity index (χ1n) is 8.14. The first-order valence-corrected chi connectivity index (χ1v) is 8.52. The molecular weight excluding hydrogens is 336 g/mol. The van der Waals surface area contributed by atoms with E-state index in [4.69, 9.17) is 11.6 Å². The Kier molecular flexibility index (Phi) is 4.91. The molecule has 0 atom stereocenters. The van der Waals surface area contributed by atoms with Crippen LogP contribution in [0.4, 0.5) is 0 Å². The van der Waals surface area contributed by atoms with Crippen molar-refractivity contribution in [1.29, 1.82) is 0 Å². The van der Waals surface area contributed by atoms with E-state index in [0.717, 1.165) is 5.56 Å². The van der Waals surface area contributed by atoms with Gasteiger partial charge in [0.1, 0.15) is 5.70 Å². The maximum Gasteiger partial charge on any atom is 0.277 e. The second kappa shape index (κ2) is 7.11. The van der Waals surface area contributed by atoms with Crippen molar-refractivity contribution in [3.8, 4) is 0 Å². The van der Waals surface area contributed by atoms with E-state index in [2.05, 4.69) is 0 Å². The van der Waals surface area contributed by atoms with Gasteiger partial charge in [-0.1, -0.05) is 54.1 Å². The molecule has 0 saturated heterocycles. The van der Waals surface area contributed by atoms with Crippen LogP contribution in [0.5, 0.6) is 0 Å². The van der Waals surface area contributed by atoms with Crippen LogP contribution in [0.15, 0.2) is 60.3 Å². The van der Waals surface area contributed by atoms with Gasteiger partial charge in [-0.2, -0.15) is 0 Å². The van der Waals surface area contributed by atoms with E-state index in [-0.39, 0.29) is 11.8 Å². The number of imide groups is 1. The van der Waals surface area contributed by atoms with Crippen LogP contribution in [0.2, 0.25) is 5.02 Å². The van der Waals surface area contributed by atoms with E-state index in [1.807, 2.05) is 42.3 Å². The lowest BCUT2D eigenvalue weighted by atomic mass is 10.0. The van der Waals surface area contributed by atoms with Crippen molar-refractivity contribution in [3.63, 3.8) is 0 Å². The highest BCUT2D eigenvalue weighted by atomic mass is 35.5. The van der Waals surface area contributed by atoms with Crippen molar-refractivity contribution >= 4 is 29.0 Å². The zero-order chi connectivity index (χ0) is 18.0. The van der Waals surface area contributed by atoms with Crippen LogP contribution in [0.25, 0.3) is 5.57 Å². The van der Waals surface area contributed by atoms with Gasteiger partial charge in [0.25, 0.3) is 11.8 Å². The van der Waals surface area contributed by atoms with Crippen LogP contribution in [0, 0.1) is 0 Å². The molecule has 1 aliphatic rings. The van der Waals surface area contributed by atoms with Crippen LogP contribution in [-0.2, 0) is 16.1 Å². The summed E-state index contributed by atoms with van der Waals surface area (Å²) >= 11 is 5.96. The van der Waals surface area contributed by atoms with Gasteiger partial charge in [0.2, 0.25) is 0 Å². The molecule has 25 heavy (non-hydrogen) atoms. The number of hydrogen-bond acceptors (Lipinski definition) is 3. The fourth-order valence-electron chi connectivity index (χ4n) is 3.02. The smallest absolute Gasteiger partial charge is 0.277 e. The fraction of sp³-hybridized carbons (Fsp3) is 0.200. The quantitative estimate of drug-likeness (QED) is 0.771. The van der Waals surface area contributed by atoms with E-state index in [1.54, 1.807) is 31.2 Å². The van der Waals surface area contributed by atoms with Crippen molar-refractivity contribution in [2.45, 2.75) is 13.5 Å². The van der Waals surface area contributed by atoms with Crippen molar-refractivity contribution in [1.82, 2.24) is 9.80 Å². The molecule has 0 aliphatic carbocycles. The van der Waals surface area contributed by atoms with Gasteiger partial charge in [0.05, 0.1) is 5.57 Å². The second-order valence-corrected chi connectivity index (χ2v) is 6.36. The Balaban J connectivity index is 2.04. The largest absolute Gasteiger partial charge is 0.365 e. The number of hydrogen-bond donors (Lipinski definition) is 0. The van der Waals surface area contributed by atoms with Crippen LogP contribution in [0.3, 0.4) is 0 Å². The molecule has 128 valence electrons. The summed E-state index contributed by atoms with van der Waals surface area (Å²) < 4.78 is 0. The van der Waals surface area contributed by atoms with Crippen LogP contribution in [0.1, 0.15) is 18.1 Å². The third-order valence-corrected chi connectivity index (χ3v) is 4.49. The lowest BCUT2D eigenvalue weighted by Gasteiger charge is -2.21. The molecule has 0 radical (unpaired) electrons. The number of rotatable bonds is 5. The third-order valence-electron chi connectivity index (χ3n) is 4.24. The summed E-state index contributed by atoms with van der Waals surface area (Å²) in [5.41, 5.74) is 2.64. The first-order chi connectivity index (χ1) is 12.0. The topological polar surface area (TPSA) is 40.6 Å². The molecule has 2 amide bonds. The molecule has 0 fully saturated rings. The van der Waals surface area contributed by atoms with E-state index in [0.29, 0.717) is 34.9 Å². The molecule has 0 saturated carbocycles. The predicted octanol–water partition coefficient (Wildman–Crippen LogP) is 3.57. The van der Waals surface area contributed by atoms with Crippen molar-refractivity contribution in [2.75, 3.05) is 13.6 Å². The molecule has 2 aromatic rings. The van der Waals surface area contributed by atoms with Crippen molar-refractivity contribution < 1.29 is 9.59 Å². The van der Waals surface area contributed by atoms with Gasteiger partial charge in [-0.3, -0.25) is 14.5 Å². The zero-order valence-electron chi connectivity index (χ0n) is 14.2. The number of nitrogens with zero attached hydrogens (tertiary/aromatic N) is 2. The minimum atomic E-state index is -0.260. The van der Waals surface area contributed by atoms with Gasteiger partial charge >= 0.3 is 0 Å².